The summed E-state index contributed by atoms with van der Waals surface area (Å²) in [6.07, 6.45) is 0. The summed E-state index contributed by atoms with van der Waals surface area (Å²) in [6, 6.07) is 0. The fourth-order valence-electron chi connectivity index (χ4n) is 0.715. The van der Waals surface area contributed by atoms with Gasteiger partial charge in [-0.1, -0.05) is 11.8 Å². The smallest absolute Gasteiger partial charge is 0.0667 e. The van der Waals surface area contributed by atoms with Crippen LogP contribution in [-0.2, 0) is 0 Å². The highest BCUT2D eigenvalue weighted by Crippen LogP contribution is 2.21. The quantitative estimate of drug-likeness (QED) is 0.502. The molecule has 0 radical (unpaired) electrons. The Morgan fingerprint density at radius 2 is 2.00 bits per heavy atom. The Morgan fingerprint density at radius 1 is 1.40 bits per heavy atom. The van der Waals surface area contributed by atoms with Crippen molar-refractivity contribution in [2.75, 3.05) is 7.05 Å². The van der Waals surface area contributed by atoms with Crippen LogP contribution >= 0.6 is 0 Å². The summed E-state index contributed by atoms with van der Waals surface area (Å²) in [5.74, 6) is 0. The Bertz CT molecular complexity index is 225. The molecular formula is C7H11N3. The highest BCUT2D eigenvalue weighted by atomic mass is 15.5. The van der Waals surface area contributed by atoms with Crippen LogP contribution in [0.5, 0.6) is 0 Å². The van der Waals surface area contributed by atoms with E-state index < -0.39 is 0 Å². The topological polar surface area (TPSA) is 28.0 Å². The molecule has 0 aliphatic carbocycles. The van der Waals surface area contributed by atoms with Crippen LogP contribution in [0.25, 0.3) is 0 Å². The Kier molecular flexibility index (Phi) is 1.57. The molecule has 10 heavy (non-hydrogen) atoms. The van der Waals surface area contributed by atoms with Crippen molar-refractivity contribution in [3.63, 3.8) is 0 Å². The zero-order chi connectivity index (χ0) is 7.72. The van der Waals surface area contributed by atoms with Gasteiger partial charge in [0.25, 0.3) is 0 Å². The van der Waals surface area contributed by atoms with Crippen molar-refractivity contribution in [3.8, 4) is 0 Å². The highest BCUT2D eigenvalue weighted by molar-refractivity contribution is 5.29. The third-order valence-corrected chi connectivity index (χ3v) is 1.70. The molecule has 1 rings (SSSR count). The molecule has 3 heteroatoms. The molecule has 0 atom stereocenters. The monoisotopic (exact) mass is 137 g/mol. The number of likely N-dealkylation sites (N-methyl/N-ethyl adjacent to an activating group) is 1. The van der Waals surface area contributed by atoms with Crippen LogP contribution < -0.4 is 0 Å². The molecule has 0 fully saturated rings. The lowest BCUT2D eigenvalue weighted by Gasteiger charge is -2.19. The van der Waals surface area contributed by atoms with Crippen LogP contribution in [0.15, 0.2) is 33.9 Å². The first-order valence-corrected chi connectivity index (χ1v) is 3.15. The fourth-order valence-corrected chi connectivity index (χ4v) is 0.715. The second-order valence-corrected chi connectivity index (χ2v) is 2.37. The molecule has 54 valence electrons. The number of rotatable bonds is 0. The third-order valence-electron chi connectivity index (χ3n) is 1.70. The van der Waals surface area contributed by atoms with Crippen molar-refractivity contribution in [2.45, 2.75) is 13.8 Å². The van der Waals surface area contributed by atoms with Gasteiger partial charge >= 0.3 is 0 Å². The van der Waals surface area contributed by atoms with E-state index in [1.807, 2.05) is 20.9 Å². The summed E-state index contributed by atoms with van der Waals surface area (Å²) in [6.45, 7) is 7.76. The van der Waals surface area contributed by atoms with E-state index in [2.05, 4.69) is 16.9 Å². The van der Waals surface area contributed by atoms with Crippen LogP contribution in [-0.4, -0.2) is 12.1 Å². The fraction of sp³-hybridized carbons (Fsp3) is 0.429. The van der Waals surface area contributed by atoms with Gasteiger partial charge in [-0.15, -0.1) is 5.11 Å². The molecule has 0 aromatic rings. The average molecular weight is 137 g/mol. The van der Waals surface area contributed by atoms with Crippen molar-refractivity contribution < 1.29 is 0 Å². The second kappa shape index (κ2) is 2.25. The molecule has 0 amide bonds. The minimum absolute atomic E-state index is 0.924. The van der Waals surface area contributed by atoms with Gasteiger partial charge in [0.2, 0.25) is 0 Å². The first-order valence-electron chi connectivity index (χ1n) is 3.15. The van der Waals surface area contributed by atoms with Crippen molar-refractivity contribution in [3.05, 3.63) is 23.5 Å². The number of hydrogen-bond acceptors (Lipinski definition) is 3. The molecule has 0 aromatic carbocycles. The zero-order valence-electron chi connectivity index (χ0n) is 6.55. The summed E-state index contributed by atoms with van der Waals surface area (Å²) >= 11 is 0. The standard InChI is InChI=1S/C7H11N3/c1-5-6(2)8-9-10(4)7(5)3/h3H2,1-2,4H3. The van der Waals surface area contributed by atoms with Crippen LogP contribution in [0.1, 0.15) is 13.8 Å². The summed E-state index contributed by atoms with van der Waals surface area (Å²) < 4.78 is 0. The Hall–Kier alpha value is -1.12. The Labute approximate surface area is 60.7 Å². The van der Waals surface area contributed by atoms with Gasteiger partial charge in [-0.3, -0.25) is 5.01 Å². The zero-order valence-corrected chi connectivity index (χ0v) is 6.55. The van der Waals surface area contributed by atoms with Crippen molar-refractivity contribution in [2.24, 2.45) is 10.3 Å². The summed E-state index contributed by atoms with van der Waals surface area (Å²) in [4.78, 5) is 0. The molecule has 1 aliphatic rings. The molecule has 1 aliphatic heterocycles. The average Bonchev–Trinajstić information content (AvgIpc) is 1.93. The number of allylic oxidation sites excluding steroid dienone is 2. The predicted molar refractivity (Wildman–Crippen MR) is 40.1 cm³/mol. The van der Waals surface area contributed by atoms with E-state index in [0.717, 1.165) is 17.0 Å². The van der Waals surface area contributed by atoms with E-state index in [1.54, 1.807) is 5.01 Å². The maximum absolute atomic E-state index is 3.91. The first kappa shape index (κ1) is 6.99. The highest BCUT2D eigenvalue weighted by Gasteiger charge is 2.09. The van der Waals surface area contributed by atoms with E-state index in [1.165, 1.54) is 0 Å². The lowest BCUT2D eigenvalue weighted by Crippen LogP contribution is -2.13. The molecule has 0 unspecified atom stereocenters. The molecule has 0 bridgehead atoms. The molecule has 1 heterocycles. The predicted octanol–water partition coefficient (Wildman–Crippen LogP) is 2.11. The number of hydrogen-bond donors (Lipinski definition) is 0. The van der Waals surface area contributed by atoms with Gasteiger partial charge in [-0.05, 0) is 19.4 Å². The molecule has 3 nitrogen and oxygen atoms in total. The lowest BCUT2D eigenvalue weighted by atomic mass is 10.2. The molecule has 0 aromatic heterocycles. The maximum Gasteiger partial charge on any atom is 0.0667 e. The van der Waals surface area contributed by atoms with Crippen molar-refractivity contribution in [1.82, 2.24) is 5.01 Å². The minimum atomic E-state index is 0.924. The van der Waals surface area contributed by atoms with Gasteiger partial charge in [0.1, 0.15) is 0 Å². The van der Waals surface area contributed by atoms with Crippen molar-refractivity contribution in [1.29, 1.82) is 0 Å². The maximum atomic E-state index is 3.91. The largest absolute Gasteiger partial charge is 0.250 e. The Morgan fingerprint density at radius 3 is 2.50 bits per heavy atom. The summed E-state index contributed by atoms with van der Waals surface area (Å²) in [5.41, 5.74) is 2.98. The molecule has 0 spiro atoms. The summed E-state index contributed by atoms with van der Waals surface area (Å²) in [7, 11) is 1.84. The van der Waals surface area contributed by atoms with Gasteiger partial charge < -0.3 is 0 Å². The van der Waals surface area contributed by atoms with E-state index in [-0.39, 0.29) is 0 Å². The van der Waals surface area contributed by atoms with Gasteiger partial charge in [-0.2, -0.15) is 0 Å². The van der Waals surface area contributed by atoms with E-state index in [0.29, 0.717) is 0 Å². The third kappa shape index (κ3) is 0.943. The molecular weight excluding hydrogens is 126 g/mol. The SMILES string of the molecule is C=C1C(C)=C(C)N=NN1C. The van der Waals surface area contributed by atoms with Gasteiger partial charge in [0, 0.05) is 7.05 Å². The van der Waals surface area contributed by atoms with Crippen LogP contribution in [0.4, 0.5) is 0 Å². The molecule has 0 N–H and O–H groups in total. The van der Waals surface area contributed by atoms with E-state index >= 15 is 0 Å². The van der Waals surface area contributed by atoms with E-state index in [9.17, 15) is 0 Å². The second-order valence-electron chi connectivity index (χ2n) is 2.37. The Balaban J connectivity index is 3.00. The van der Waals surface area contributed by atoms with E-state index in [4.69, 9.17) is 0 Å². The normalized spacial score (nSPS) is 18.7. The summed E-state index contributed by atoms with van der Waals surface area (Å²) in [5, 5.41) is 9.42. The van der Waals surface area contributed by atoms with Crippen LogP contribution in [0, 0.1) is 0 Å². The van der Waals surface area contributed by atoms with Gasteiger partial charge in [0.05, 0.1) is 11.4 Å². The van der Waals surface area contributed by atoms with Crippen LogP contribution in [0.3, 0.4) is 0 Å². The minimum Gasteiger partial charge on any atom is -0.250 e. The molecule has 0 saturated carbocycles. The number of nitrogens with zero attached hydrogens (tertiary/aromatic N) is 3. The molecule has 0 saturated heterocycles. The lowest BCUT2D eigenvalue weighted by molar-refractivity contribution is 0.409. The van der Waals surface area contributed by atoms with Crippen molar-refractivity contribution >= 4 is 0 Å². The van der Waals surface area contributed by atoms with Gasteiger partial charge in [-0.25, -0.2) is 0 Å². The van der Waals surface area contributed by atoms with Crippen LogP contribution in [0.2, 0.25) is 0 Å². The first-order chi connectivity index (χ1) is 4.63. The van der Waals surface area contributed by atoms with Gasteiger partial charge in [0.15, 0.2) is 0 Å².